The van der Waals surface area contributed by atoms with Crippen molar-refractivity contribution in [1.29, 1.82) is 0 Å². The molecule has 16 heavy (non-hydrogen) atoms. The second kappa shape index (κ2) is 6.27. The van der Waals surface area contributed by atoms with Gasteiger partial charge in [0.25, 0.3) is 0 Å². The number of nitrogens with one attached hydrogen (secondary N) is 1. The fraction of sp³-hybridized carbons (Fsp3) is 0.636. The summed E-state index contributed by atoms with van der Waals surface area (Å²) in [4.78, 5) is 22.7. The molecule has 1 aliphatic rings. The zero-order chi connectivity index (χ0) is 12.0. The molecule has 1 fully saturated rings. The van der Waals surface area contributed by atoms with Crippen LogP contribution in [0.3, 0.4) is 0 Å². The van der Waals surface area contributed by atoms with E-state index in [1.807, 2.05) is 0 Å². The van der Waals surface area contributed by atoms with Crippen molar-refractivity contribution < 1.29 is 19.1 Å². The molecule has 0 radical (unpaired) electrons. The van der Waals surface area contributed by atoms with Crippen molar-refractivity contribution in [3.63, 3.8) is 0 Å². The minimum Gasteiger partial charge on any atom is -0.466 e. The molecule has 1 N–H and O–H groups in total. The van der Waals surface area contributed by atoms with E-state index >= 15 is 0 Å². The van der Waals surface area contributed by atoms with E-state index in [0.717, 1.165) is 25.8 Å². The molecule has 1 heterocycles. The molecule has 90 valence electrons. The third kappa shape index (κ3) is 3.34. The summed E-state index contributed by atoms with van der Waals surface area (Å²) in [7, 11) is 2.58. The van der Waals surface area contributed by atoms with Crippen LogP contribution in [0.25, 0.3) is 0 Å². The van der Waals surface area contributed by atoms with Crippen molar-refractivity contribution in [2.24, 2.45) is 0 Å². The number of hydrogen-bond donors (Lipinski definition) is 1. The lowest BCUT2D eigenvalue weighted by Gasteiger charge is -2.24. The maximum atomic E-state index is 11.5. The number of methoxy groups -OCH3 is 2. The van der Waals surface area contributed by atoms with Gasteiger partial charge < -0.3 is 14.8 Å². The number of carbonyl (C=O) groups excluding carboxylic acids is 2. The molecule has 0 amide bonds. The van der Waals surface area contributed by atoms with Gasteiger partial charge in [0.15, 0.2) is 0 Å². The van der Waals surface area contributed by atoms with Gasteiger partial charge in [-0.25, -0.2) is 9.59 Å². The Morgan fingerprint density at radius 1 is 1.25 bits per heavy atom. The van der Waals surface area contributed by atoms with Gasteiger partial charge in [-0.1, -0.05) is 6.42 Å². The smallest absolute Gasteiger partial charge is 0.335 e. The lowest BCUT2D eigenvalue weighted by Crippen LogP contribution is -2.38. The highest BCUT2D eigenvalue weighted by Gasteiger charge is 2.24. The maximum Gasteiger partial charge on any atom is 0.335 e. The summed E-state index contributed by atoms with van der Waals surface area (Å²) >= 11 is 0. The van der Waals surface area contributed by atoms with E-state index in [1.54, 1.807) is 0 Å². The van der Waals surface area contributed by atoms with E-state index in [0.29, 0.717) is 5.57 Å². The molecular formula is C11H17NO4. The minimum atomic E-state index is -0.534. The fourth-order valence-electron chi connectivity index (χ4n) is 1.72. The molecule has 0 aromatic carbocycles. The van der Waals surface area contributed by atoms with Crippen LogP contribution in [-0.4, -0.2) is 38.7 Å². The first kappa shape index (κ1) is 12.7. The summed E-state index contributed by atoms with van der Waals surface area (Å²) in [6, 6.07) is -0.111. The van der Waals surface area contributed by atoms with Crippen LogP contribution in [0, 0.1) is 0 Å². The van der Waals surface area contributed by atoms with Crippen LogP contribution in [0.4, 0.5) is 0 Å². The predicted molar refractivity (Wildman–Crippen MR) is 57.8 cm³/mol. The first-order chi connectivity index (χ1) is 7.69. The van der Waals surface area contributed by atoms with E-state index in [9.17, 15) is 9.59 Å². The van der Waals surface area contributed by atoms with Crippen LogP contribution in [0.5, 0.6) is 0 Å². The van der Waals surface area contributed by atoms with Gasteiger partial charge in [0.1, 0.15) is 0 Å². The molecule has 1 aliphatic heterocycles. The van der Waals surface area contributed by atoms with E-state index in [2.05, 4.69) is 14.8 Å². The van der Waals surface area contributed by atoms with Crippen LogP contribution in [-0.2, 0) is 19.1 Å². The van der Waals surface area contributed by atoms with Gasteiger partial charge in [-0.2, -0.15) is 0 Å². The third-order valence-electron chi connectivity index (χ3n) is 2.58. The number of carbonyl (C=O) groups is 2. The quantitative estimate of drug-likeness (QED) is 0.558. The van der Waals surface area contributed by atoms with Gasteiger partial charge in [0, 0.05) is 12.1 Å². The van der Waals surface area contributed by atoms with Gasteiger partial charge in [-0.05, 0) is 19.4 Å². The van der Waals surface area contributed by atoms with Crippen molar-refractivity contribution in [1.82, 2.24) is 5.32 Å². The second-order valence-electron chi connectivity index (χ2n) is 3.62. The lowest BCUT2D eigenvalue weighted by molar-refractivity contribution is -0.138. The van der Waals surface area contributed by atoms with Crippen LogP contribution in [0.15, 0.2) is 11.6 Å². The molecule has 1 atom stereocenters. The topological polar surface area (TPSA) is 64.6 Å². The molecule has 5 heteroatoms. The second-order valence-corrected chi connectivity index (χ2v) is 3.62. The Bertz CT molecular complexity index is 292. The standard InChI is InChI=1S/C11H17NO4/c1-15-10(13)7-8(11(14)16-2)9-5-3-4-6-12-9/h7,9,12H,3-6H2,1-2H3/b8-7-. The Morgan fingerprint density at radius 2 is 2.00 bits per heavy atom. The molecule has 0 aromatic heterocycles. The lowest BCUT2D eigenvalue weighted by atomic mass is 9.97. The Labute approximate surface area is 94.8 Å². The minimum absolute atomic E-state index is 0.111. The molecule has 5 nitrogen and oxygen atoms in total. The predicted octanol–water partition coefficient (Wildman–Crippen LogP) is 0.401. The number of rotatable bonds is 3. The summed E-state index contributed by atoms with van der Waals surface area (Å²) in [6.45, 7) is 0.847. The number of ether oxygens (including phenoxy) is 2. The largest absolute Gasteiger partial charge is 0.466 e. The van der Waals surface area contributed by atoms with Crippen molar-refractivity contribution >= 4 is 11.9 Å². The van der Waals surface area contributed by atoms with Crippen LogP contribution < -0.4 is 5.32 Å². The molecule has 0 saturated carbocycles. The van der Waals surface area contributed by atoms with Crippen molar-refractivity contribution in [3.05, 3.63) is 11.6 Å². The zero-order valence-electron chi connectivity index (χ0n) is 9.62. The number of piperidine rings is 1. The average molecular weight is 227 g/mol. The molecule has 0 aliphatic carbocycles. The molecule has 1 rings (SSSR count). The Hall–Kier alpha value is -1.36. The van der Waals surface area contributed by atoms with Crippen LogP contribution >= 0.6 is 0 Å². The normalized spacial score (nSPS) is 21.4. The highest BCUT2D eigenvalue weighted by atomic mass is 16.5. The third-order valence-corrected chi connectivity index (χ3v) is 2.58. The summed E-state index contributed by atoms with van der Waals surface area (Å²) in [5.41, 5.74) is 0.342. The van der Waals surface area contributed by atoms with Gasteiger partial charge >= 0.3 is 11.9 Å². The molecule has 1 unspecified atom stereocenters. The molecular weight excluding hydrogens is 210 g/mol. The zero-order valence-corrected chi connectivity index (χ0v) is 9.62. The molecule has 0 aromatic rings. The van der Waals surface area contributed by atoms with E-state index < -0.39 is 11.9 Å². The first-order valence-electron chi connectivity index (χ1n) is 5.30. The monoisotopic (exact) mass is 227 g/mol. The SMILES string of the molecule is COC(=O)/C=C(\C(=O)OC)C1CCCCN1. The summed E-state index contributed by atoms with van der Waals surface area (Å²) in [5, 5.41) is 3.19. The summed E-state index contributed by atoms with van der Waals surface area (Å²) in [6.07, 6.45) is 4.16. The number of hydrogen-bond acceptors (Lipinski definition) is 5. The van der Waals surface area contributed by atoms with Gasteiger partial charge in [-0.15, -0.1) is 0 Å². The Morgan fingerprint density at radius 3 is 2.50 bits per heavy atom. The van der Waals surface area contributed by atoms with Crippen molar-refractivity contribution in [2.45, 2.75) is 25.3 Å². The van der Waals surface area contributed by atoms with Crippen molar-refractivity contribution in [3.8, 4) is 0 Å². The van der Waals surface area contributed by atoms with Crippen LogP contribution in [0.1, 0.15) is 19.3 Å². The molecule has 0 spiro atoms. The van der Waals surface area contributed by atoms with E-state index in [4.69, 9.17) is 0 Å². The number of esters is 2. The first-order valence-corrected chi connectivity index (χ1v) is 5.30. The molecule has 0 bridgehead atoms. The van der Waals surface area contributed by atoms with Gasteiger partial charge in [0.2, 0.25) is 0 Å². The van der Waals surface area contributed by atoms with Crippen molar-refractivity contribution in [2.75, 3.05) is 20.8 Å². The summed E-state index contributed by atoms with van der Waals surface area (Å²) in [5.74, 6) is -1.02. The maximum absolute atomic E-state index is 11.5. The fourth-order valence-corrected chi connectivity index (χ4v) is 1.72. The van der Waals surface area contributed by atoms with Crippen LogP contribution in [0.2, 0.25) is 0 Å². The van der Waals surface area contributed by atoms with Gasteiger partial charge in [-0.3, -0.25) is 0 Å². The summed E-state index contributed by atoms with van der Waals surface area (Å²) < 4.78 is 9.17. The Kier molecular flexibility index (Phi) is 4.98. The Balaban J connectivity index is 2.81. The van der Waals surface area contributed by atoms with E-state index in [1.165, 1.54) is 20.3 Å². The highest BCUT2D eigenvalue weighted by molar-refractivity contribution is 5.97. The highest BCUT2D eigenvalue weighted by Crippen LogP contribution is 2.16. The molecule has 1 saturated heterocycles. The average Bonchev–Trinajstić information content (AvgIpc) is 2.35. The van der Waals surface area contributed by atoms with Gasteiger partial charge in [0.05, 0.1) is 19.8 Å². The van der Waals surface area contributed by atoms with E-state index in [-0.39, 0.29) is 6.04 Å².